The quantitative estimate of drug-likeness (QED) is 0.853. The van der Waals surface area contributed by atoms with Crippen molar-refractivity contribution in [1.29, 1.82) is 0 Å². The normalized spacial score (nSPS) is 18.3. The molecule has 0 saturated carbocycles. The molecule has 104 valence electrons. The number of para-hydroxylation sites is 1. The van der Waals surface area contributed by atoms with Gasteiger partial charge in [-0.3, -0.25) is 9.59 Å². The summed E-state index contributed by atoms with van der Waals surface area (Å²) < 4.78 is 1.81. The number of carbonyl (C=O) groups excluding carboxylic acids is 1. The van der Waals surface area contributed by atoms with Gasteiger partial charge in [0.1, 0.15) is 6.54 Å². The van der Waals surface area contributed by atoms with Crippen LogP contribution in [0.4, 0.5) is 0 Å². The van der Waals surface area contributed by atoms with E-state index >= 15 is 0 Å². The molecule has 20 heavy (non-hydrogen) atoms. The maximum absolute atomic E-state index is 12.1. The lowest BCUT2D eigenvalue weighted by atomic mass is 10.2. The molecule has 1 amide bonds. The number of benzene rings is 1. The highest BCUT2D eigenvalue weighted by Gasteiger charge is 2.16. The molecule has 1 aliphatic heterocycles. The molecule has 2 N–H and O–H groups in total. The van der Waals surface area contributed by atoms with Gasteiger partial charge in [0.15, 0.2) is 5.43 Å². The molecule has 0 spiro atoms. The topological polar surface area (TPSA) is 63.1 Å². The molecule has 2 heterocycles. The first-order valence-electron chi connectivity index (χ1n) is 6.82. The summed E-state index contributed by atoms with van der Waals surface area (Å²) in [6.45, 7) is 2.01. The van der Waals surface area contributed by atoms with Crippen LogP contribution in [-0.2, 0) is 11.3 Å². The Hall–Kier alpha value is -2.14. The van der Waals surface area contributed by atoms with E-state index in [1.54, 1.807) is 12.3 Å². The number of hydrogen-bond acceptors (Lipinski definition) is 3. The van der Waals surface area contributed by atoms with Crippen molar-refractivity contribution in [2.24, 2.45) is 0 Å². The van der Waals surface area contributed by atoms with Gasteiger partial charge in [-0.05, 0) is 25.1 Å². The van der Waals surface area contributed by atoms with E-state index < -0.39 is 0 Å². The van der Waals surface area contributed by atoms with Gasteiger partial charge in [0, 0.05) is 30.2 Å². The molecule has 0 aliphatic carbocycles. The number of nitrogens with zero attached hydrogens (tertiary/aromatic N) is 1. The van der Waals surface area contributed by atoms with Crippen molar-refractivity contribution >= 4 is 16.8 Å². The van der Waals surface area contributed by atoms with Crippen molar-refractivity contribution in [3.8, 4) is 0 Å². The number of nitrogens with one attached hydrogen (secondary N) is 2. The van der Waals surface area contributed by atoms with Gasteiger partial charge in [-0.1, -0.05) is 12.1 Å². The van der Waals surface area contributed by atoms with Gasteiger partial charge < -0.3 is 15.2 Å². The SMILES string of the molecule is O=C(Cn1ccc(=O)c2ccccc21)N[C@@H]1CCNC1. The average Bonchev–Trinajstić information content (AvgIpc) is 2.95. The predicted molar refractivity (Wildman–Crippen MR) is 77.6 cm³/mol. The van der Waals surface area contributed by atoms with E-state index in [0.717, 1.165) is 25.0 Å². The molecule has 5 heteroatoms. The highest BCUT2D eigenvalue weighted by molar-refractivity contribution is 5.82. The zero-order chi connectivity index (χ0) is 13.9. The largest absolute Gasteiger partial charge is 0.350 e. The predicted octanol–water partition coefficient (Wildman–Crippen LogP) is 0.480. The van der Waals surface area contributed by atoms with Crippen LogP contribution in [0, 0.1) is 0 Å². The van der Waals surface area contributed by atoms with Crippen molar-refractivity contribution in [2.75, 3.05) is 13.1 Å². The molecule has 0 unspecified atom stereocenters. The maximum Gasteiger partial charge on any atom is 0.240 e. The van der Waals surface area contributed by atoms with E-state index in [4.69, 9.17) is 0 Å². The summed E-state index contributed by atoms with van der Waals surface area (Å²) in [5.41, 5.74) is 0.775. The Kier molecular flexibility index (Phi) is 3.52. The number of carbonyl (C=O) groups is 1. The minimum atomic E-state index is -0.0208. The first-order chi connectivity index (χ1) is 9.74. The van der Waals surface area contributed by atoms with Gasteiger partial charge in [0.2, 0.25) is 5.91 Å². The Morgan fingerprint density at radius 1 is 1.35 bits per heavy atom. The number of pyridine rings is 1. The van der Waals surface area contributed by atoms with Crippen LogP contribution in [0.15, 0.2) is 41.3 Å². The number of aromatic nitrogens is 1. The molecular formula is C15H17N3O2. The van der Waals surface area contributed by atoms with Crippen molar-refractivity contribution in [3.63, 3.8) is 0 Å². The highest BCUT2D eigenvalue weighted by atomic mass is 16.2. The van der Waals surface area contributed by atoms with Gasteiger partial charge in [-0.25, -0.2) is 0 Å². The number of hydrogen-bond donors (Lipinski definition) is 2. The number of amides is 1. The highest BCUT2D eigenvalue weighted by Crippen LogP contribution is 2.09. The van der Waals surface area contributed by atoms with E-state index in [1.807, 2.05) is 22.8 Å². The van der Waals surface area contributed by atoms with Crippen LogP contribution < -0.4 is 16.1 Å². The van der Waals surface area contributed by atoms with Crippen molar-refractivity contribution < 1.29 is 4.79 Å². The smallest absolute Gasteiger partial charge is 0.240 e. The second-order valence-corrected chi connectivity index (χ2v) is 5.08. The van der Waals surface area contributed by atoms with Gasteiger partial charge in [-0.15, -0.1) is 0 Å². The molecule has 1 saturated heterocycles. The Morgan fingerprint density at radius 3 is 3.00 bits per heavy atom. The molecule has 0 radical (unpaired) electrons. The molecule has 1 atom stereocenters. The van der Waals surface area contributed by atoms with Crippen LogP contribution >= 0.6 is 0 Å². The van der Waals surface area contributed by atoms with Gasteiger partial charge in [-0.2, -0.15) is 0 Å². The lowest BCUT2D eigenvalue weighted by Gasteiger charge is -2.14. The van der Waals surface area contributed by atoms with Crippen LogP contribution in [0.3, 0.4) is 0 Å². The molecule has 1 fully saturated rings. The van der Waals surface area contributed by atoms with Gasteiger partial charge >= 0.3 is 0 Å². The standard InChI is InChI=1S/C15H17N3O2/c19-14-6-8-18(13-4-2-1-3-12(13)14)10-15(20)17-11-5-7-16-9-11/h1-4,6,8,11,16H,5,7,9-10H2,(H,17,20)/t11-/m1/s1. The molecular weight excluding hydrogens is 254 g/mol. The monoisotopic (exact) mass is 271 g/mol. The fourth-order valence-electron chi connectivity index (χ4n) is 2.60. The molecule has 1 aromatic carbocycles. The zero-order valence-electron chi connectivity index (χ0n) is 11.1. The van der Waals surface area contributed by atoms with Crippen LogP contribution in [0.2, 0.25) is 0 Å². The van der Waals surface area contributed by atoms with Crippen LogP contribution in [0.5, 0.6) is 0 Å². The third-order valence-corrected chi connectivity index (χ3v) is 3.62. The Balaban J connectivity index is 1.82. The summed E-state index contributed by atoms with van der Waals surface area (Å²) in [5.74, 6) is -0.0208. The summed E-state index contributed by atoms with van der Waals surface area (Å²) in [7, 11) is 0. The van der Waals surface area contributed by atoms with E-state index in [2.05, 4.69) is 10.6 Å². The van der Waals surface area contributed by atoms with E-state index in [1.165, 1.54) is 6.07 Å². The summed E-state index contributed by atoms with van der Waals surface area (Å²) in [6.07, 6.45) is 2.65. The molecule has 2 aromatic rings. The second kappa shape index (κ2) is 5.46. The van der Waals surface area contributed by atoms with Crippen LogP contribution in [-0.4, -0.2) is 29.6 Å². The fraction of sp³-hybridized carbons (Fsp3) is 0.333. The summed E-state index contributed by atoms with van der Waals surface area (Å²) in [6, 6.07) is 9.07. The Bertz CT molecular complexity index is 687. The second-order valence-electron chi connectivity index (χ2n) is 5.08. The van der Waals surface area contributed by atoms with Crippen molar-refractivity contribution in [1.82, 2.24) is 15.2 Å². The molecule has 3 rings (SSSR count). The molecule has 5 nitrogen and oxygen atoms in total. The van der Waals surface area contributed by atoms with E-state index in [9.17, 15) is 9.59 Å². The summed E-state index contributed by atoms with van der Waals surface area (Å²) in [4.78, 5) is 23.8. The van der Waals surface area contributed by atoms with Crippen LogP contribution in [0.1, 0.15) is 6.42 Å². The summed E-state index contributed by atoms with van der Waals surface area (Å²) >= 11 is 0. The summed E-state index contributed by atoms with van der Waals surface area (Å²) in [5, 5.41) is 6.87. The van der Waals surface area contributed by atoms with E-state index in [-0.39, 0.29) is 23.9 Å². The third kappa shape index (κ3) is 2.58. The minimum absolute atomic E-state index is 0.0164. The number of fused-ring (bicyclic) bond motifs is 1. The number of rotatable bonds is 3. The van der Waals surface area contributed by atoms with Crippen LogP contribution in [0.25, 0.3) is 10.9 Å². The first-order valence-corrected chi connectivity index (χ1v) is 6.82. The average molecular weight is 271 g/mol. The fourth-order valence-corrected chi connectivity index (χ4v) is 2.60. The Labute approximate surface area is 116 Å². The first kappa shape index (κ1) is 12.9. The van der Waals surface area contributed by atoms with Gasteiger partial charge in [0.25, 0.3) is 0 Å². The Morgan fingerprint density at radius 2 is 2.20 bits per heavy atom. The maximum atomic E-state index is 12.1. The van der Waals surface area contributed by atoms with Crippen molar-refractivity contribution in [3.05, 3.63) is 46.8 Å². The van der Waals surface area contributed by atoms with Crippen molar-refractivity contribution in [2.45, 2.75) is 19.0 Å². The minimum Gasteiger partial charge on any atom is -0.350 e. The molecule has 1 aromatic heterocycles. The lowest BCUT2D eigenvalue weighted by molar-refractivity contribution is -0.122. The zero-order valence-corrected chi connectivity index (χ0v) is 11.1. The van der Waals surface area contributed by atoms with Gasteiger partial charge in [0.05, 0.1) is 5.52 Å². The van der Waals surface area contributed by atoms with E-state index in [0.29, 0.717) is 5.39 Å². The third-order valence-electron chi connectivity index (χ3n) is 3.62. The lowest BCUT2D eigenvalue weighted by Crippen LogP contribution is -2.38. The molecule has 0 bridgehead atoms. The molecule has 1 aliphatic rings.